The first-order valence-corrected chi connectivity index (χ1v) is 9.99. The van der Waals surface area contributed by atoms with Gasteiger partial charge in [0.05, 0.1) is 6.04 Å². The number of hydrogen-bond donors (Lipinski definition) is 2. The minimum atomic E-state index is -1.27. The molecule has 2 nitrogen and oxygen atoms in total. The van der Waals surface area contributed by atoms with E-state index in [0.29, 0.717) is 18.4 Å². The lowest BCUT2D eigenvalue weighted by molar-refractivity contribution is -0.0559. The van der Waals surface area contributed by atoms with Gasteiger partial charge in [-0.1, -0.05) is 42.3 Å². The number of halogens is 3. The van der Waals surface area contributed by atoms with Gasteiger partial charge in [-0.3, -0.25) is 4.72 Å². The standard InChI is InChI=1S/C20H21F3N2S/c1-26-25-19-17(24-15-10-20(19,23)11-15)8-13-7-14(21)9-16(18(13)22)12-5-3-2-4-6-12/h2-7,9,15,17,19,24-25H,8,10-11H2,1H3/t15?,17-,19+,20?/m0/s1. The minimum absolute atomic E-state index is 0.120. The maximum Gasteiger partial charge on any atom is 0.134 e. The van der Waals surface area contributed by atoms with Crippen molar-refractivity contribution in [3.05, 3.63) is 59.7 Å². The highest BCUT2D eigenvalue weighted by molar-refractivity contribution is 7.96. The van der Waals surface area contributed by atoms with E-state index in [0.717, 1.165) is 0 Å². The molecule has 2 atom stereocenters. The van der Waals surface area contributed by atoms with Crippen LogP contribution in [0.15, 0.2) is 42.5 Å². The first-order valence-electron chi connectivity index (χ1n) is 8.77. The highest BCUT2D eigenvalue weighted by atomic mass is 32.2. The molecule has 3 fully saturated rings. The molecule has 0 aromatic heterocycles. The zero-order chi connectivity index (χ0) is 18.3. The molecule has 0 radical (unpaired) electrons. The van der Waals surface area contributed by atoms with Crippen LogP contribution >= 0.6 is 11.9 Å². The summed E-state index contributed by atoms with van der Waals surface area (Å²) in [4.78, 5) is 0. The predicted molar refractivity (Wildman–Crippen MR) is 99.7 cm³/mol. The zero-order valence-corrected chi connectivity index (χ0v) is 15.3. The second-order valence-electron chi connectivity index (χ2n) is 7.21. The molecule has 138 valence electrons. The van der Waals surface area contributed by atoms with Gasteiger partial charge in [-0.15, -0.1) is 0 Å². The fraction of sp³-hybridized carbons (Fsp3) is 0.400. The van der Waals surface area contributed by atoms with Crippen molar-refractivity contribution >= 4 is 11.9 Å². The van der Waals surface area contributed by atoms with Crippen LogP contribution in [0.5, 0.6) is 0 Å². The molecule has 2 heterocycles. The Hall–Kier alpha value is -1.50. The van der Waals surface area contributed by atoms with E-state index >= 15 is 4.39 Å². The van der Waals surface area contributed by atoms with Gasteiger partial charge in [-0.05, 0) is 48.8 Å². The van der Waals surface area contributed by atoms with Gasteiger partial charge in [-0.2, -0.15) is 0 Å². The van der Waals surface area contributed by atoms with Crippen LogP contribution in [0.3, 0.4) is 0 Å². The van der Waals surface area contributed by atoms with E-state index in [-0.39, 0.29) is 29.6 Å². The number of hydrogen-bond acceptors (Lipinski definition) is 3. The molecule has 2 bridgehead atoms. The third-order valence-corrected chi connectivity index (χ3v) is 5.95. The van der Waals surface area contributed by atoms with Gasteiger partial charge in [-0.25, -0.2) is 13.2 Å². The molecule has 26 heavy (non-hydrogen) atoms. The van der Waals surface area contributed by atoms with Crippen LogP contribution in [0, 0.1) is 11.6 Å². The number of alkyl halides is 1. The molecule has 2 aromatic carbocycles. The Morgan fingerprint density at radius 3 is 2.62 bits per heavy atom. The first kappa shape index (κ1) is 17.9. The average molecular weight is 378 g/mol. The van der Waals surface area contributed by atoms with Crippen LogP contribution in [-0.4, -0.2) is 30.1 Å². The van der Waals surface area contributed by atoms with E-state index in [4.69, 9.17) is 0 Å². The van der Waals surface area contributed by atoms with Gasteiger partial charge in [0.15, 0.2) is 0 Å². The molecule has 1 saturated carbocycles. The molecule has 5 rings (SSSR count). The Kier molecular flexibility index (Phi) is 4.75. The van der Waals surface area contributed by atoms with Crippen molar-refractivity contribution in [3.8, 4) is 11.1 Å². The van der Waals surface area contributed by atoms with E-state index in [1.165, 1.54) is 24.1 Å². The van der Waals surface area contributed by atoms with Gasteiger partial charge in [0.2, 0.25) is 0 Å². The first-order chi connectivity index (χ1) is 12.5. The SMILES string of the molecule is CSN[C@@H]1[C@H](Cc2cc(F)cc(-c3ccccc3)c2F)NC2CC1(F)C2. The fourth-order valence-electron chi connectivity index (χ4n) is 4.24. The third-order valence-electron chi connectivity index (χ3n) is 5.46. The van der Waals surface area contributed by atoms with Crippen molar-refractivity contribution < 1.29 is 13.2 Å². The third kappa shape index (κ3) is 3.15. The van der Waals surface area contributed by atoms with Crippen LogP contribution < -0.4 is 10.0 Å². The lowest BCUT2D eigenvalue weighted by atomic mass is 9.65. The molecule has 2 aromatic rings. The topological polar surface area (TPSA) is 24.1 Å². The van der Waals surface area contributed by atoms with Gasteiger partial charge < -0.3 is 5.32 Å². The quantitative estimate of drug-likeness (QED) is 0.761. The maximum atomic E-state index is 15.1. The Labute approximate surface area is 155 Å². The van der Waals surface area contributed by atoms with Crippen LogP contribution in [0.4, 0.5) is 13.2 Å². The second kappa shape index (κ2) is 6.91. The monoisotopic (exact) mass is 378 g/mol. The van der Waals surface area contributed by atoms with Crippen molar-refractivity contribution in [1.29, 1.82) is 0 Å². The fourth-order valence-corrected chi connectivity index (χ4v) is 4.87. The Bertz CT molecular complexity index is 793. The predicted octanol–water partition coefficient (Wildman–Crippen LogP) is 4.25. The molecule has 3 aliphatic rings. The highest BCUT2D eigenvalue weighted by Gasteiger charge is 2.57. The molecular formula is C20H21F3N2S. The summed E-state index contributed by atoms with van der Waals surface area (Å²) in [6.07, 6.45) is 3.04. The highest BCUT2D eigenvalue weighted by Crippen LogP contribution is 2.45. The van der Waals surface area contributed by atoms with E-state index in [1.807, 2.05) is 12.3 Å². The van der Waals surface area contributed by atoms with Crippen LogP contribution in [0.1, 0.15) is 18.4 Å². The lowest BCUT2D eigenvalue weighted by Crippen LogP contribution is -2.74. The Morgan fingerprint density at radius 1 is 1.19 bits per heavy atom. The molecule has 2 saturated heterocycles. The lowest BCUT2D eigenvalue weighted by Gasteiger charge is -2.56. The largest absolute Gasteiger partial charge is 0.309 e. The number of piperidine rings is 2. The molecular weight excluding hydrogens is 357 g/mol. The summed E-state index contributed by atoms with van der Waals surface area (Å²) in [6.45, 7) is 0. The Balaban J connectivity index is 1.65. The molecule has 2 aliphatic heterocycles. The molecule has 2 N–H and O–H groups in total. The summed E-state index contributed by atoms with van der Waals surface area (Å²) in [6, 6.07) is 10.8. The van der Waals surface area contributed by atoms with Crippen LogP contribution in [-0.2, 0) is 6.42 Å². The summed E-state index contributed by atoms with van der Waals surface area (Å²) in [7, 11) is 0. The van der Waals surface area contributed by atoms with Crippen molar-refractivity contribution in [2.24, 2.45) is 0 Å². The van der Waals surface area contributed by atoms with Gasteiger partial charge in [0.1, 0.15) is 17.3 Å². The van der Waals surface area contributed by atoms with E-state index in [2.05, 4.69) is 10.0 Å². The number of benzene rings is 2. The molecule has 0 spiro atoms. The summed E-state index contributed by atoms with van der Waals surface area (Å²) < 4.78 is 47.4. The van der Waals surface area contributed by atoms with E-state index < -0.39 is 23.3 Å². The average Bonchev–Trinajstić information content (AvgIpc) is 2.60. The molecule has 1 aliphatic carbocycles. The van der Waals surface area contributed by atoms with Gasteiger partial charge in [0.25, 0.3) is 0 Å². The smallest absolute Gasteiger partial charge is 0.134 e. The van der Waals surface area contributed by atoms with E-state index in [9.17, 15) is 8.78 Å². The normalized spacial score (nSPS) is 30.1. The van der Waals surface area contributed by atoms with Gasteiger partial charge >= 0.3 is 0 Å². The van der Waals surface area contributed by atoms with Crippen molar-refractivity contribution in [2.45, 2.75) is 43.1 Å². The zero-order valence-electron chi connectivity index (χ0n) is 14.4. The van der Waals surface area contributed by atoms with Gasteiger partial charge in [0, 0.05) is 17.6 Å². The van der Waals surface area contributed by atoms with Crippen molar-refractivity contribution in [3.63, 3.8) is 0 Å². The maximum absolute atomic E-state index is 15.1. The summed E-state index contributed by atoms with van der Waals surface area (Å²) >= 11 is 1.36. The van der Waals surface area contributed by atoms with Crippen LogP contribution in [0.25, 0.3) is 11.1 Å². The summed E-state index contributed by atoms with van der Waals surface area (Å²) in [5.41, 5.74) is -0.119. The second-order valence-corrected chi connectivity index (χ2v) is 7.85. The molecule has 6 heteroatoms. The molecule has 0 amide bonds. The summed E-state index contributed by atoms with van der Waals surface area (Å²) in [5, 5.41) is 3.39. The number of fused-ring (bicyclic) bond motifs is 2. The Morgan fingerprint density at radius 2 is 1.92 bits per heavy atom. The van der Waals surface area contributed by atoms with Crippen LogP contribution in [0.2, 0.25) is 0 Å². The summed E-state index contributed by atoms with van der Waals surface area (Å²) in [5.74, 6) is -0.917. The van der Waals surface area contributed by atoms with Crippen molar-refractivity contribution in [1.82, 2.24) is 10.0 Å². The van der Waals surface area contributed by atoms with E-state index in [1.54, 1.807) is 24.3 Å². The minimum Gasteiger partial charge on any atom is -0.309 e. The van der Waals surface area contributed by atoms with Crippen molar-refractivity contribution in [2.75, 3.05) is 6.26 Å². The molecule has 0 unspecified atom stereocenters. The number of rotatable bonds is 5. The number of nitrogens with one attached hydrogen (secondary N) is 2.